The van der Waals surface area contributed by atoms with Crippen molar-refractivity contribution >= 4 is 23.3 Å². The number of hydrogen-bond donors (Lipinski definition) is 1. The molecule has 1 aromatic heterocycles. The molecule has 1 amide bonds. The number of anilines is 1. The van der Waals surface area contributed by atoms with Gasteiger partial charge in [-0.25, -0.2) is 4.68 Å². The van der Waals surface area contributed by atoms with Gasteiger partial charge in [-0.2, -0.15) is 0 Å². The van der Waals surface area contributed by atoms with E-state index in [1.165, 1.54) is 17.9 Å². The third-order valence-electron chi connectivity index (χ3n) is 2.63. The van der Waals surface area contributed by atoms with Gasteiger partial charge in [-0.15, -0.1) is 5.10 Å². The Balaban J connectivity index is 1.86. The van der Waals surface area contributed by atoms with Crippen molar-refractivity contribution in [3.63, 3.8) is 0 Å². The number of carbonyl (C=O) groups excluding carboxylic acids is 3. The Hall–Kier alpha value is -3.10. The van der Waals surface area contributed by atoms with Crippen molar-refractivity contribution in [3.8, 4) is 0 Å². The number of benzene rings is 1. The number of Topliss-reactive ketones (excluding diaryl/α,β-unsaturated/α-hetero) is 1. The Morgan fingerprint density at radius 2 is 2.05 bits per heavy atom. The maximum atomic E-state index is 11.7. The molecule has 0 unspecified atom stereocenters. The Morgan fingerprint density at radius 3 is 2.73 bits per heavy atom. The number of tetrazole rings is 1. The number of nitrogens with zero attached hydrogens (tertiary/aromatic N) is 4. The van der Waals surface area contributed by atoms with Crippen molar-refractivity contribution in [2.45, 2.75) is 13.5 Å². The lowest BCUT2D eigenvalue weighted by atomic mass is 10.1. The molecule has 0 bridgehead atoms. The van der Waals surface area contributed by atoms with Crippen molar-refractivity contribution in [3.05, 3.63) is 36.2 Å². The van der Waals surface area contributed by atoms with Gasteiger partial charge in [-0.1, -0.05) is 12.1 Å². The quantitative estimate of drug-likeness (QED) is 0.592. The van der Waals surface area contributed by atoms with E-state index in [0.717, 1.165) is 0 Å². The molecular weight excluding hydrogens is 290 g/mol. The van der Waals surface area contributed by atoms with E-state index in [4.69, 9.17) is 4.74 Å². The van der Waals surface area contributed by atoms with E-state index >= 15 is 0 Å². The molecule has 0 aliphatic rings. The number of hydrogen-bond acceptors (Lipinski definition) is 7. The van der Waals surface area contributed by atoms with Gasteiger partial charge in [-0.05, 0) is 29.5 Å². The summed E-state index contributed by atoms with van der Waals surface area (Å²) in [6.07, 6.45) is 1.25. The van der Waals surface area contributed by atoms with Crippen LogP contribution in [-0.4, -0.2) is 44.5 Å². The summed E-state index contributed by atoms with van der Waals surface area (Å²) in [7, 11) is 0. The first-order valence-electron chi connectivity index (χ1n) is 6.32. The van der Waals surface area contributed by atoms with Crippen LogP contribution in [0.4, 0.5) is 5.69 Å². The molecule has 0 radical (unpaired) electrons. The van der Waals surface area contributed by atoms with E-state index in [9.17, 15) is 14.4 Å². The molecule has 114 valence electrons. The highest BCUT2D eigenvalue weighted by Gasteiger charge is 2.12. The van der Waals surface area contributed by atoms with Crippen LogP contribution in [0.1, 0.15) is 17.3 Å². The second kappa shape index (κ2) is 7.07. The minimum absolute atomic E-state index is 0.174. The summed E-state index contributed by atoms with van der Waals surface area (Å²) < 4.78 is 5.97. The lowest BCUT2D eigenvalue weighted by Crippen LogP contribution is -2.23. The first kappa shape index (κ1) is 15.3. The molecule has 0 saturated carbocycles. The van der Waals surface area contributed by atoms with Crippen molar-refractivity contribution in [1.29, 1.82) is 0 Å². The fourth-order valence-electron chi connectivity index (χ4n) is 1.66. The molecule has 9 heteroatoms. The Morgan fingerprint density at radius 1 is 1.27 bits per heavy atom. The smallest absolute Gasteiger partial charge is 0.328 e. The number of nitrogens with one attached hydrogen (secondary N) is 1. The van der Waals surface area contributed by atoms with Crippen LogP contribution >= 0.6 is 0 Å². The van der Waals surface area contributed by atoms with Crippen LogP contribution in [0.5, 0.6) is 0 Å². The number of amides is 1. The lowest BCUT2D eigenvalue weighted by molar-refractivity contribution is -0.148. The van der Waals surface area contributed by atoms with Crippen LogP contribution < -0.4 is 5.32 Å². The molecule has 9 nitrogen and oxygen atoms in total. The second-order valence-corrected chi connectivity index (χ2v) is 4.32. The monoisotopic (exact) mass is 303 g/mol. The van der Waals surface area contributed by atoms with Crippen LogP contribution in [-0.2, 0) is 20.9 Å². The standard InChI is InChI=1S/C13H13N5O4/c1-9(19)10-4-2-3-5-11(10)15-12(20)7-22-13(21)6-18-8-14-16-17-18/h2-5,8H,6-7H2,1H3,(H,15,20). The fourth-order valence-corrected chi connectivity index (χ4v) is 1.66. The molecule has 0 fully saturated rings. The third-order valence-corrected chi connectivity index (χ3v) is 2.63. The van der Waals surface area contributed by atoms with Gasteiger partial charge in [0.25, 0.3) is 5.91 Å². The van der Waals surface area contributed by atoms with Gasteiger partial charge in [0, 0.05) is 5.56 Å². The number of para-hydroxylation sites is 1. The zero-order chi connectivity index (χ0) is 15.9. The lowest BCUT2D eigenvalue weighted by Gasteiger charge is -2.09. The molecule has 2 rings (SSSR count). The molecular formula is C13H13N5O4. The molecule has 1 aromatic carbocycles. The average molecular weight is 303 g/mol. The summed E-state index contributed by atoms with van der Waals surface area (Å²) in [5.41, 5.74) is 0.757. The molecule has 0 spiro atoms. The van der Waals surface area contributed by atoms with Crippen LogP contribution in [0, 0.1) is 0 Å². The van der Waals surface area contributed by atoms with Gasteiger partial charge in [0.2, 0.25) is 0 Å². The van der Waals surface area contributed by atoms with Gasteiger partial charge >= 0.3 is 5.97 Å². The summed E-state index contributed by atoms with van der Waals surface area (Å²) in [6.45, 7) is 0.745. The maximum absolute atomic E-state index is 11.7. The number of ether oxygens (including phenoxy) is 1. The maximum Gasteiger partial charge on any atom is 0.328 e. The molecule has 1 heterocycles. The molecule has 22 heavy (non-hydrogen) atoms. The van der Waals surface area contributed by atoms with Crippen molar-refractivity contribution in [1.82, 2.24) is 20.2 Å². The number of rotatable bonds is 6. The van der Waals surface area contributed by atoms with E-state index in [1.54, 1.807) is 24.3 Å². The van der Waals surface area contributed by atoms with Gasteiger partial charge < -0.3 is 10.1 Å². The van der Waals surface area contributed by atoms with Crippen LogP contribution in [0.25, 0.3) is 0 Å². The highest BCUT2D eigenvalue weighted by molar-refractivity contribution is 6.04. The highest BCUT2D eigenvalue weighted by Crippen LogP contribution is 2.15. The molecule has 0 aliphatic carbocycles. The number of esters is 1. The van der Waals surface area contributed by atoms with Crippen molar-refractivity contribution < 1.29 is 19.1 Å². The highest BCUT2D eigenvalue weighted by atomic mass is 16.5. The Labute approximate surface area is 125 Å². The van der Waals surface area contributed by atoms with Crippen molar-refractivity contribution in [2.75, 3.05) is 11.9 Å². The minimum Gasteiger partial charge on any atom is -0.454 e. The van der Waals surface area contributed by atoms with Crippen LogP contribution in [0.2, 0.25) is 0 Å². The van der Waals surface area contributed by atoms with Gasteiger partial charge in [-0.3, -0.25) is 14.4 Å². The fraction of sp³-hybridized carbons (Fsp3) is 0.231. The van der Waals surface area contributed by atoms with E-state index in [1.807, 2.05) is 0 Å². The van der Waals surface area contributed by atoms with Gasteiger partial charge in [0.15, 0.2) is 12.4 Å². The first-order chi connectivity index (χ1) is 10.6. The number of carbonyl (C=O) groups is 3. The van der Waals surface area contributed by atoms with E-state index < -0.39 is 18.5 Å². The third kappa shape index (κ3) is 4.20. The summed E-state index contributed by atoms with van der Waals surface area (Å²) in [4.78, 5) is 34.7. The SMILES string of the molecule is CC(=O)c1ccccc1NC(=O)COC(=O)Cn1cnnn1. The molecule has 2 aromatic rings. The van der Waals surface area contributed by atoms with E-state index in [0.29, 0.717) is 11.3 Å². The Bertz CT molecular complexity index is 683. The van der Waals surface area contributed by atoms with Crippen LogP contribution in [0.3, 0.4) is 0 Å². The summed E-state index contributed by atoms with van der Waals surface area (Å²) in [6, 6.07) is 6.57. The predicted octanol–water partition coefficient (Wildman–Crippen LogP) is 0.0576. The van der Waals surface area contributed by atoms with Gasteiger partial charge in [0.1, 0.15) is 12.9 Å². The zero-order valence-electron chi connectivity index (χ0n) is 11.7. The van der Waals surface area contributed by atoms with Gasteiger partial charge in [0.05, 0.1) is 5.69 Å². The second-order valence-electron chi connectivity index (χ2n) is 4.32. The van der Waals surface area contributed by atoms with E-state index in [-0.39, 0.29) is 12.3 Å². The largest absolute Gasteiger partial charge is 0.454 e. The number of ketones is 1. The molecule has 0 atom stereocenters. The molecule has 0 saturated heterocycles. The Kier molecular flexibility index (Phi) is 4.91. The summed E-state index contributed by atoms with van der Waals surface area (Å²) in [5, 5.41) is 12.8. The normalized spacial score (nSPS) is 10.0. The first-order valence-corrected chi connectivity index (χ1v) is 6.32. The topological polar surface area (TPSA) is 116 Å². The molecule has 1 N–H and O–H groups in total. The van der Waals surface area contributed by atoms with E-state index in [2.05, 4.69) is 20.8 Å². The minimum atomic E-state index is -0.651. The molecule has 0 aliphatic heterocycles. The summed E-state index contributed by atoms with van der Waals surface area (Å²) >= 11 is 0. The summed E-state index contributed by atoms with van der Waals surface area (Å²) in [5.74, 6) is -1.37. The van der Waals surface area contributed by atoms with Crippen molar-refractivity contribution in [2.24, 2.45) is 0 Å². The average Bonchev–Trinajstić information content (AvgIpc) is 2.98. The predicted molar refractivity (Wildman–Crippen MR) is 73.9 cm³/mol. The number of aromatic nitrogens is 4. The van der Waals surface area contributed by atoms with Crippen LogP contribution in [0.15, 0.2) is 30.6 Å². The zero-order valence-corrected chi connectivity index (χ0v) is 11.7.